The number of anilines is 2. The Morgan fingerprint density at radius 1 is 1.00 bits per heavy atom. The number of aliphatic hydroxyl groups is 4. The number of unbranched alkanes of at least 4 members (excludes halogenated alkanes) is 4. The Morgan fingerprint density at radius 3 is 2.37 bits per heavy atom. The van der Waals surface area contributed by atoms with E-state index in [0.29, 0.717) is 32.0 Å². The molecule has 15 nitrogen and oxygen atoms in total. The van der Waals surface area contributed by atoms with Gasteiger partial charge in [0.25, 0.3) is 5.91 Å². The molecular weight excluding hydrogens is 620 g/mol. The Morgan fingerprint density at radius 2 is 1.70 bits per heavy atom. The number of nitrogen functional groups attached to an aromatic ring is 2. The maximum atomic E-state index is 12.3. The Hall–Kier alpha value is -3.31. The highest BCUT2D eigenvalue weighted by Gasteiger charge is 2.32. The monoisotopic (exact) mass is 669 g/mol. The lowest BCUT2D eigenvalue weighted by atomic mass is 10.0. The number of hydrogen-bond donors (Lipinski definition) is 8. The number of carbonyl (C=O) groups is 1. The summed E-state index contributed by atoms with van der Waals surface area (Å²) in [5, 5.41) is 49.8. The molecular formula is C30H50ClN8O7+. The lowest BCUT2D eigenvalue weighted by molar-refractivity contribution is -0.119. The number of nitrogens with one attached hydrogen (secondary N) is 1. The van der Waals surface area contributed by atoms with Crippen LogP contribution in [0.5, 0.6) is 5.75 Å². The first kappa shape index (κ1) is 38.9. The van der Waals surface area contributed by atoms with Crippen molar-refractivity contribution in [2.75, 3.05) is 50.9 Å². The number of amides is 1. The van der Waals surface area contributed by atoms with Crippen molar-refractivity contribution in [1.82, 2.24) is 20.2 Å². The summed E-state index contributed by atoms with van der Waals surface area (Å²) >= 11 is 5.81. The van der Waals surface area contributed by atoms with Gasteiger partial charge in [0.2, 0.25) is 0 Å². The fraction of sp³-hybridized carbons (Fsp3) is 0.600. The zero-order chi connectivity index (χ0) is 34.1. The lowest BCUT2D eigenvalue weighted by Gasteiger charge is -2.30. The zero-order valence-corrected chi connectivity index (χ0v) is 27.1. The van der Waals surface area contributed by atoms with Gasteiger partial charge in [-0.3, -0.25) is 20.0 Å². The van der Waals surface area contributed by atoms with Gasteiger partial charge < -0.3 is 47.5 Å². The average molecular weight is 670 g/mol. The van der Waals surface area contributed by atoms with Crippen LogP contribution in [0.15, 0.2) is 29.3 Å². The van der Waals surface area contributed by atoms with Crippen molar-refractivity contribution in [2.45, 2.75) is 76.3 Å². The van der Waals surface area contributed by atoms with Gasteiger partial charge in [-0.1, -0.05) is 49.9 Å². The van der Waals surface area contributed by atoms with E-state index >= 15 is 0 Å². The Kier molecular flexibility index (Phi) is 17.5. The van der Waals surface area contributed by atoms with E-state index in [-0.39, 0.29) is 35.0 Å². The van der Waals surface area contributed by atoms with Gasteiger partial charge in [0.05, 0.1) is 6.10 Å². The van der Waals surface area contributed by atoms with Crippen LogP contribution >= 0.6 is 11.6 Å². The van der Waals surface area contributed by atoms with Crippen LogP contribution in [0.4, 0.5) is 11.6 Å². The second kappa shape index (κ2) is 20.7. The third-order valence-electron chi connectivity index (χ3n) is 7.24. The SMILES string of the molecule is CCCCCCN(CCOc1ccc(CCCCN=C(N)NC(=O)c2nc(Cl)c(N)nc2N)cc1)C[C@H](O)[C@@H](O)[C@@H](O)[C@H](O)C[OH2+]. The zero-order valence-electron chi connectivity index (χ0n) is 26.3. The van der Waals surface area contributed by atoms with Gasteiger partial charge in [-0.2, -0.15) is 0 Å². The standard InChI is InChI=1S/C30H49ClN8O7/c1-2-3-4-7-14-39(17-21(41)24(43)25(44)22(42)18-40)15-16-46-20-11-9-19(10-12-20)8-5-6-13-35-30(34)38-29(45)23-27(32)37-28(33)26(31)36-23/h9-12,21-22,24-25,40-44H,2-8,13-18H2,1H3,(H4,32,33,37)(H3,34,35,38,45)/p+1/t21-,22+,24+,25-/m0/s1. The third kappa shape index (κ3) is 13.6. The topological polar surface area (TPSA) is 262 Å². The van der Waals surface area contributed by atoms with Crippen LogP contribution < -0.4 is 27.3 Å². The maximum Gasteiger partial charge on any atom is 0.280 e. The molecule has 1 aromatic heterocycles. The minimum absolute atomic E-state index is 0.0774. The van der Waals surface area contributed by atoms with E-state index in [0.717, 1.165) is 50.5 Å². The molecule has 0 radical (unpaired) electrons. The summed E-state index contributed by atoms with van der Waals surface area (Å²) in [6.45, 7) is 3.69. The average Bonchev–Trinajstić information content (AvgIpc) is 3.03. The quantitative estimate of drug-likeness (QED) is 0.0372. The van der Waals surface area contributed by atoms with E-state index in [1.807, 2.05) is 29.2 Å². The van der Waals surface area contributed by atoms with Crippen molar-refractivity contribution in [2.24, 2.45) is 10.7 Å². The fourth-order valence-corrected chi connectivity index (χ4v) is 4.64. The highest BCUT2D eigenvalue weighted by Crippen LogP contribution is 2.17. The van der Waals surface area contributed by atoms with Crippen molar-refractivity contribution in [3.63, 3.8) is 0 Å². The molecule has 0 fully saturated rings. The predicted octanol–water partition coefficient (Wildman–Crippen LogP) is -0.209. The molecule has 0 saturated heterocycles. The van der Waals surface area contributed by atoms with E-state index < -0.39 is 36.9 Å². The lowest BCUT2D eigenvalue weighted by Crippen LogP contribution is -2.50. The van der Waals surface area contributed by atoms with Gasteiger partial charge >= 0.3 is 0 Å². The van der Waals surface area contributed by atoms with Gasteiger partial charge in [0.1, 0.15) is 24.6 Å². The summed E-state index contributed by atoms with van der Waals surface area (Å²) in [6.07, 6.45) is 0.652. The number of aliphatic hydroxyl groups excluding tert-OH is 4. The molecule has 46 heavy (non-hydrogen) atoms. The van der Waals surface area contributed by atoms with Crippen molar-refractivity contribution >= 4 is 35.1 Å². The van der Waals surface area contributed by atoms with Crippen molar-refractivity contribution < 1.29 is 35.1 Å². The molecule has 16 heteroatoms. The first-order valence-corrected chi connectivity index (χ1v) is 15.8. The van der Waals surface area contributed by atoms with Crippen molar-refractivity contribution in [1.29, 1.82) is 0 Å². The Balaban J connectivity index is 1.76. The number of ether oxygens (including phenoxy) is 1. The van der Waals surface area contributed by atoms with Crippen LogP contribution in [-0.4, -0.2) is 116 Å². The van der Waals surface area contributed by atoms with Gasteiger partial charge in [0.15, 0.2) is 41.2 Å². The molecule has 2 aromatic rings. The number of aromatic nitrogens is 2. The van der Waals surface area contributed by atoms with Crippen LogP contribution in [0.1, 0.15) is 61.5 Å². The number of rotatable bonds is 21. The van der Waals surface area contributed by atoms with Crippen LogP contribution in [0, 0.1) is 0 Å². The molecule has 4 atom stereocenters. The number of halogens is 1. The molecule has 13 N–H and O–H groups in total. The van der Waals surface area contributed by atoms with E-state index in [1.54, 1.807) is 0 Å². The Labute approximate surface area is 274 Å². The molecule has 2 rings (SSSR count). The molecule has 1 aromatic carbocycles. The number of aliphatic imine (C=N–C) groups is 1. The number of nitrogens with zero attached hydrogens (tertiary/aromatic N) is 4. The fourth-order valence-electron chi connectivity index (χ4n) is 4.51. The Bertz CT molecular complexity index is 1220. The summed E-state index contributed by atoms with van der Waals surface area (Å²) in [4.78, 5) is 26.0. The van der Waals surface area contributed by atoms with Crippen molar-refractivity contribution in [3.8, 4) is 5.75 Å². The first-order valence-electron chi connectivity index (χ1n) is 15.5. The number of aryl methyl sites for hydroxylation is 1. The molecule has 258 valence electrons. The minimum Gasteiger partial charge on any atom is -0.492 e. The van der Waals surface area contributed by atoms with E-state index in [1.165, 1.54) is 0 Å². The molecule has 1 amide bonds. The van der Waals surface area contributed by atoms with Gasteiger partial charge in [-0.15, -0.1) is 0 Å². The molecule has 0 unspecified atom stereocenters. The normalized spacial score (nSPS) is 14.6. The molecule has 1 heterocycles. The van der Waals surface area contributed by atoms with E-state index in [4.69, 9.17) is 38.6 Å². The summed E-state index contributed by atoms with van der Waals surface area (Å²) in [5.41, 5.74) is 17.9. The highest BCUT2D eigenvalue weighted by atomic mass is 35.5. The summed E-state index contributed by atoms with van der Waals surface area (Å²) in [7, 11) is 0. The molecule has 0 bridgehead atoms. The number of carbonyl (C=O) groups excluding carboxylic acids is 1. The molecule has 0 aliphatic carbocycles. The molecule has 0 aliphatic heterocycles. The van der Waals surface area contributed by atoms with Gasteiger partial charge in [-0.05, 0) is 49.9 Å². The van der Waals surface area contributed by atoms with Crippen LogP contribution in [0.25, 0.3) is 0 Å². The predicted molar refractivity (Wildman–Crippen MR) is 178 cm³/mol. The molecule has 0 spiro atoms. The number of guanidine groups is 1. The number of benzene rings is 1. The molecule has 0 saturated carbocycles. The van der Waals surface area contributed by atoms with Gasteiger partial charge in [0, 0.05) is 19.6 Å². The number of nitrogens with two attached hydrogens (primary N) is 3. The highest BCUT2D eigenvalue weighted by molar-refractivity contribution is 6.31. The van der Waals surface area contributed by atoms with Gasteiger partial charge in [-0.25, -0.2) is 9.97 Å². The van der Waals surface area contributed by atoms with E-state index in [9.17, 15) is 25.2 Å². The maximum absolute atomic E-state index is 12.3. The third-order valence-corrected chi connectivity index (χ3v) is 7.52. The summed E-state index contributed by atoms with van der Waals surface area (Å²) in [6, 6.07) is 7.75. The second-order valence-electron chi connectivity index (χ2n) is 11.0. The largest absolute Gasteiger partial charge is 0.492 e. The van der Waals surface area contributed by atoms with Crippen LogP contribution in [-0.2, 0) is 6.42 Å². The van der Waals surface area contributed by atoms with Crippen LogP contribution in [0.3, 0.4) is 0 Å². The second-order valence-corrected chi connectivity index (χ2v) is 11.3. The van der Waals surface area contributed by atoms with E-state index in [2.05, 4.69) is 27.2 Å². The summed E-state index contributed by atoms with van der Waals surface area (Å²) < 4.78 is 5.92. The number of hydrogen-bond acceptors (Lipinski definition) is 12. The minimum atomic E-state index is -1.60. The first-order chi connectivity index (χ1) is 22.0. The molecule has 0 aliphatic rings. The summed E-state index contributed by atoms with van der Waals surface area (Å²) in [5.74, 6) is -0.320. The van der Waals surface area contributed by atoms with Crippen molar-refractivity contribution in [3.05, 3.63) is 40.7 Å². The van der Waals surface area contributed by atoms with Crippen LogP contribution in [0.2, 0.25) is 5.15 Å². The smallest absolute Gasteiger partial charge is 0.280 e.